The highest BCUT2D eigenvalue weighted by atomic mass is 16.4. The summed E-state index contributed by atoms with van der Waals surface area (Å²) in [6, 6.07) is 4.45. The first kappa shape index (κ1) is 13.6. The predicted molar refractivity (Wildman–Crippen MR) is 76.1 cm³/mol. The van der Waals surface area contributed by atoms with Crippen LogP contribution in [-0.4, -0.2) is 28.6 Å². The molecule has 4 heteroatoms. The number of anilines is 1. The lowest BCUT2D eigenvalue weighted by molar-refractivity contribution is -0.131. The van der Waals surface area contributed by atoms with Crippen LogP contribution in [0.3, 0.4) is 0 Å². The fraction of sp³-hybridized carbons (Fsp3) is 0.467. The lowest BCUT2D eigenvalue weighted by Gasteiger charge is -2.28. The first-order chi connectivity index (χ1) is 9.08. The fourth-order valence-corrected chi connectivity index (χ4v) is 2.60. The van der Waals surface area contributed by atoms with Crippen molar-refractivity contribution < 1.29 is 9.90 Å². The minimum atomic E-state index is -0.941. The van der Waals surface area contributed by atoms with Crippen LogP contribution in [0.1, 0.15) is 32.3 Å². The van der Waals surface area contributed by atoms with Crippen molar-refractivity contribution >= 4 is 17.9 Å². The molecule has 0 aromatic carbocycles. The Labute approximate surface area is 113 Å². The third kappa shape index (κ3) is 3.34. The van der Waals surface area contributed by atoms with E-state index in [1.54, 1.807) is 12.3 Å². The van der Waals surface area contributed by atoms with Crippen molar-refractivity contribution in [2.24, 2.45) is 5.92 Å². The molecule has 102 valence electrons. The number of carboxylic acids is 1. The number of pyridine rings is 1. The van der Waals surface area contributed by atoms with Crippen molar-refractivity contribution in [2.75, 3.05) is 11.4 Å². The zero-order valence-corrected chi connectivity index (χ0v) is 11.4. The summed E-state index contributed by atoms with van der Waals surface area (Å²) in [7, 11) is 0. The molecule has 0 spiro atoms. The third-order valence-corrected chi connectivity index (χ3v) is 3.55. The first-order valence-corrected chi connectivity index (χ1v) is 6.71. The van der Waals surface area contributed by atoms with Crippen LogP contribution in [0.15, 0.2) is 24.4 Å². The van der Waals surface area contributed by atoms with E-state index in [0.717, 1.165) is 24.0 Å². The molecule has 0 amide bonds. The van der Waals surface area contributed by atoms with E-state index in [0.29, 0.717) is 12.0 Å². The zero-order chi connectivity index (χ0) is 13.8. The molecule has 1 atom stereocenters. The van der Waals surface area contributed by atoms with Gasteiger partial charge >= 0.3 is 5.97 Å². The van der Waals surface area contributed by atoms with Gasteiger partial charge in [-0.1, -0.05) is 13.8 Å². The van der Waals surface area contributed by atoms with E-state index in [4.69, 9.17) is 5.11 Å². The minimum absolute atomic E-state index is 0.563. The van der Waals surface area contributed by atoms with Crippen molar-refractivity contribution in [2.45, 2.75) is 32.7 Å². The van der Waals surface area contributed by atoms with Crippen LogP contribution >= 0.6 is 0 Å². The second-order valence-corrected chi connectivity index (χ2v) is 5.27. The van der Waals surface area contributed by atoms with Crippen LogP contribution in [-0.2, 0) is 4.79 Å². The predicted octanol–water partition coefficient (Wildman–Crippen LogP) is 2.80. The number of nitrogens with zero attached hydrogens (tertiary/aromatic N) is 2. The number of hydrogen-bond donors (Lipinski definition) is 1. The fourth-order valence-electron chi connectivity index (χ4n) is 2.60. The average Bonchev–Trinajstić information content (AvgIpc) is 2.86. The van der Waals surface area contributed by atoms with Crippen molar-refractivity contribution in [1.29, 1.82) is 0 Å². The standard InChI is InChI=1S/C15H20N2O2/c1-11(2)13-4-3-9-17(13)14-7-5-12(10-16-14)6-8-15(18)19/h5-8,10-11,13H,3-4,9H2,1-2H3,(H,18,19)/b8-6+. The number of hydrogen-bond acceptors (Lipinski definition) is 3. The maximum absolute atomic E-state index is 10.5. The van der Waals surface area contributed by atoms with E-state index in [9.17, 15) is 4.79 Å². The van der Waals surface area contributed by atoms with Gasteiger partial charge in [-0.2, -0.15) is 0 Å². The Morgan fingerprint density at radius 2 is 2.32 bits per heavy atom. The summed E-state index contributed by atoms with van der Waals surface area (Å²) in [4.78, 5) is 17.3. The number of aliphatic carboxylic acids is 1. The smallest absolute Gasteiger partial charge is 0.328 e. The van der Waals surface area contributed by atoms with Gasteiger partial charge in [0.1, 0.15) is 5.82 Å². The summed E-state index contributed by atoms with van der Waals surface area (Å²) in [5, 5.41) is 8.58. The molecular weight excluding hydrogens is 240 g/mol. The van der Waals surface area contributed by atoms with Crippen LogP contribution in [0, 0.1) is 5.92 Å². The van der Waals surface area contributed by atoms with Crippen LogP contribution in [0.2, 0.25) is 0 Å². The lowest BCUT2D eigenvalue weighted by atomic mass is 10.0. The Morgan fingerprint density at radius 3 is 2.89 bits per heavy atom. The van der Waals surface area contributed by atoms with E-state index in [1.165, 1.54) is 12.8 Å². The molecule has 1 N–H and O–H groups in total. The molecule has 1 fully saturated rings. The molecule has 0 radical (unpaired) electrons. The van der Waals surface area contributed by atoms with E-state index < -0.39 is 5.97 Å². The highest BCUT2D eigenvalue weighted by Gasteiger charge is 2.27. The summed E-state index contributed by atoms with van der Waals surface area (Å²) in [5.41, 5.74) is 0.812. The SMILES string of the molecule is CC(C)C1CCCN1c1ccc(/C=C/C(=O)O)cn1. The topological polar surface area (TPSA) is 53.4 Å². The maximum Gasteiger partial charge on any atom is 0.328 e. The molecule has 2 heterocycles. The van der Waals surface area contributed by atoms with Gasteiger partial charge in [-0.15, -0.1) is 0 Å². The molecule has 0 bridgehead atoms. The van der Waals surface area contributed by atoms with Gasteiger partial charge in [-0.3, -0.25) is 0 Å². The Hall–Kier alpha value is -1.84. The summed E-state index contributed by atoms with van der Waals surface area (Å²) in [6.07, 6.45) is 6.85. The summed E-state index contributed by atoms with van der Waals surface area (Å²) >= 11 is 0. The van der Waals surface area contributed by atoms with Crippen LogP contribution in [0.4, 0.5) is 5.82 Å². The molecule has 1 aromatic rings. The highest BCUT2D eigenvalue weighted by Crippen LogP contribution is 2.28. The zero-order valence-electron chi connectivity index (χ0n) is 11.4. The Kier molecular flexibility index (Phi) is 4.20. The summed E-state index contributed by atoms with van der Waals surface area (Å²) in [5.74, 6) is 0.669. The molecule has 4 nitrogen and oxygen atoms in total. The van der Waals surface area contributed by atoms with Gasteiger partial charge in [0.05, 0.1) is 0 Å². The number of rotatable bonds is 4. The number of carboxylic acid groups (broad SMARTS) is 1. The molecule has 0 aliphatic carbocycles. The minimum Gasteiger partial charge on any atom is -0.478 e. The van der Waals surface area contributed by atoms with Crippen LogP contribution in [0.25, 0.3) is 6.08 Å². The van der Waals surface area contributed by atoms with Gasteiger partial charge < -0.3 is 10.0 Å². The lowest BCUT2D eigenvalue weighted by Crippen LogP contribution is -2.33. The maximum atomic E-state index is 10.5. The van der Waals surface area contributed by atoms with Crippen LogP contribution < -0.4 is 4.90 Å². The Bertz CT molecular complexity index is 466. The quantitative estimate of drug-likeness (QED) is 0.846. The van der Waals surface area contributed by atoms with E-state index in [1.807, 2.05) is 12.1 Å². The summed E-state index contributed by atoms with van der Waals surface area (Å²) in [6.45, 7) is 5.54. The molecule has 1 aliphatic heterocycles. The van der Waals surface area contributed by atoms with Gasteiger partial charge in [0.2, 0.25) is 0 Å². The van der Waals surface area contributed by atoms with Crippen molar-refractivity contribution in [3.05, 3.63) is 30.0 Å². The van der Waals surface area contributed by atoms with Gasteiger partial charge in [0.25, 0.3) is 0 Å². The van der Waals surface area contributed by atoms with Gasteiger partial charge in [-0.25, -0.2) is 9.78 Å². The van der Waals surface area contributed by atoms with Gasteiger partial charge in [0, 0.05) is 24.9 Å². The summed E-state index contributed by atoms with van der Waals surface area (Å²) < 4.78 is 0. The van der Waals surface area contributed by atoms with Crippen molar-refractivity contribution in [1.82, 2.24) is 4.98 Å². The Morgan fingerprint density at radius 1 is 1.53 bits per heavy atom. The molecular formula is C15H20N2O2. The molecule has 0 saturated carbocycles. The first-order valence-electron chi connectivity index (χ1n) is 6.71. The molecule has 1 aromatic heterocycles. The molecule has 1 saturated heterocycles. The Balaban J connectivity index is 2.12. The van der Waals surface area contributed by atoms with Crippen molar-refractivity contribution in [3.63, 3.8) is 0 Å². The van der Waals surface area contributed by atoms with E-state index in [2.05, 4.69) is 23.7 Å². The molecule has 1 aliphatic rings. The normalized spacial score (nSPS) is 19.5. The second kappa shape index (κ2) is 5.87. The van der Waals surface area contributed by atoms with Gasteiger partial charge in [-0.05, 0) is 42.5 Å². The van der Waals surface area contributed by atoms with E-state index in [-0.39, 0.29) is 0 Å². The van der Waals surface area contributed by atoms with Crippen molar-refractivity contribution in [3.8, 4) is 0 Å². The second-order valence-electron chi connectivity index (χ2n) is 5.27. The molecule has 2 rings (SSSR count). The monoisotopic (exact) mass is 260 g/mol. The number of aromatic nitrogens is 1. The highest BCUT2D eigenvalue weighted by molar-refractivity contribution is 5.85. The number of carbonyl (C=O) groups is 1. The average molecular weight is 260 g/mol. The molecule has 1 unspecified atom stereocenters. The third-order valence-electron chi connectivity index (χ3n) is 3.55. The largest absolute Gasteiger partial charge is 0.478 e. The van der Waals surface area contributed by atoms with Crippen LogP contribution in [0.5, 0.6) is 0 Å². The van der Waals surface area contributed by atoms with Gasteiger partial charge in [0.15, 0.2) is 0 Å². The molecule has 19 heavy (non-hydrogen) atoms. The van der Waals surface area contributed by atoms with E-state index >= 15 is 0 Å².